The fourth-order valence-electron chi connectivity index (χ4n) is 4.49. The van der Waals surface area contributed by atoms with E-state index in [0.29, 0.717) is 18.7 Å². The molecule has 0 bridgehead atoms. The van der Waals surface area contributed by atoms with Gasteiger partial charge in [-0.15, -0.1) is 0 Å². The highest BCUT2D eigenvalue weighted by Gasteiger charge is 2.32. The van der Waals surface area contributed by atoms with E-state index in [1.165, 1.54) is 10.1 Å². The van der Waals surface area contributed by atoms with Crippen LogP contribution in [0.5, 0.6) is 0 Å². The van der Waals surface area contributed by atoms with Crippen LogP contribution in [0.15, 0.2) is 54.6 Å². The molecule has 1 aromatic heterocycles. The second kappa shape index (κ2) is 8.80. The minimum Gasteiger partial charge on any atom is -0.359 e. The maximum Gasteiger partial charge on any atom is 0.257 e. The molecule has 3 aromatic rings. The molecule has 0 radical (unpaired) electrons. The molecule has 2 aromatic carbocycles. The molecule has 0 spiro atoms. The van der Waals surface area contributed by atoms with Crippen molar-refractivity contribution in [3.8, 4) is 0 Å². The first kappa shape index (κ1) is 20.8. The molecule has 2 aliphatic rings. The van der Waals surface area contributed by atoms with Crippen molar-refractivity contribution in [1.82, 2.24) is 19.4 Å². The van der Waals surface area contributed by atoms with Crippen molar-refractivity contribution in [3.05, 3.63) is 64.9 Å². The summed E-state index contributed by atoms with van der Waals surface area (Å²) in [7, 11) is 0. The Morgan fingerprint density at radius 3 is 2.53 bits per heavy atom. The monoisotopic (exact) mass is 447 g/mol. The highest BCUT2D eigenvalue weighted by molar-refractivity contribution is 7.71. The highest BCUT2D eigenvalue weighted by atomic mass is 32.1. The molecule has 1 atom stereocenters. The predicted molar refractivity (Wildman–Crippen MR) is 126 cm³/mol. The Morgan fingerprint density at radius 2 is 1.75 bits per heavy atom. The quantitative estimate of drug-likeness (QED) is 0.605. The van der Waals surface area contributed by atoms with Gasteiger partial charge >= 0.3 is 0 Å². The van der Waals surface area contributed by atoms with Crippen LogP contribution >= 0.6 is 12.2 Å². The molecule has 1 saturated heterocycles. The Kier molecular flexibility index (Phi) is 5.71. The number of carbonyl (C=O) groups is 2. The van der Waals surface area contributed by atoms with E-state index in [2.05, 4.69) is 39.5 Å². The molecule has 1 N–H and O–H groups in total. The normalized spacial score (nSPS) is 18.6. The van der Waals surface area contributed by atoms with E-state index in [9.17, 15) is 9.59 Å². The van der Waals surface area contributed by atoms with E-state index in [0.717, 1.165) is 43.6 Å². The van der Waals surface area contributed by atoms with E-state index < -0.39 is 6.04 Å². The van der Waals surface area contributed by atoms with Gasteiger partial charge in [-0.25, -0.2) is 9.55 Å². The van der Waals surface area contributed by atoms with Crippen molar-refractivity contribution in [2.24, 2.45) is 0 Å². The summed E-state index contributed by atoms with van der Waals surface area (Å²) in [5.74, 6) is 0.641. The number of fused-ring (bicyclic) bond motifs is 3. The van der Waals surface area contributed by atoms with Crippen molar-refractivity contribution >= 4 is 40.8 Å². The average molecular weight is 448 g/mol. The third kappa shape index (κ3) is 4.03. The van der Waals surface area contributed by atoms with Gasteiger partial charge in [0.2, 0.25) is 10.7 Å². The summed E-state index contributed by atoms with van der Waals surface area (Å²) in [4.78, 5) is 34.4. The molecule has 0 unspecified atom stereocenters. The van der Waals surface area contributed by atoms with Gasteiger partial charge in [0.25, 0.3) is 5.91 Å². The third-order valence-electron chi connectivity index (χ3n) is 6.24. The second-order valence-corrected chi connectivity index (χ2v) is 8.68. The molecule has 3 heterocycles. The second-order valence-electron chi connectivity index (χ2n) is 8.31. The maximum absolute atomic E-state index is 12.9. The van der Waals surface area contributed by atoms with Gasteiger partial charge in [0.1, 0.15) is 11.9 Å². The van der Waals surface area contributed by atoms with Crippen LogP contribution in [-0.4, -0.2) is 63.4 Å². The molecule has 7 nitrogen and oxygen atoms in total. The van der Waals surface area contributed by atoms with Gasteiger partial charge in [0, 0.05) is 44.5 Å². The van der Waals surface area contributed by atoms with Crippen molar-refractivity contribution in [2.75, 3.05) is 31.5 Å². The molecule has 2 aliphatic heterocycles. The molecule has 164 valence electrons. The number of hydrogen-bond acceptors (Lipinski definition) is 6. The molecule has 8 heteroatoms. The molecule has 0 aliphatic carbocycles. The Hall–Kier alpha value is -3.10. The lowest BCUT2D eigenvalue weighted by atomic mass is 10.1. The zero-order valence-electron chi connectivity index (χ0n) is 17.7. The summed E-state index contributed by atoms with van der Waals surface area (Å²) >= 11 is 5.34. The fourth-order valence-corrected chi connectivity index (χ4v) is 4.77. The average Bonchev–Trinajstić information content (AvgIpc) is 3.16. The number of para-hydroxylation sites is 1. The highest BCUT2D eigenvalue weighted by Crippen LogP contribution is 2.29. The molecule has 5 rings (SSSR count). The molecule has 0 saturated carbocycles. The summed E-state index contributed by atoms with van der Waals surface area (Å²) in [6.45, 7) is 4.07. The summed E-state index contributed by atoms with van der Waals surface area (Å²) in [6, 6.07) is 17.5. The van der Waals surface area contributed by atoms with Crippen LogP contribution in [0.2, 0.25) is 0 Å². The number of aromatic nitrogens is 2. The van der Waals surface area contributed by atoms with Gasteiger partial charge in [-0.2, -0.15) is 0 Å². The van der Waals surface area contributed by atoms with Gasteiger partial charge < -0.3 is 10.2 Å². The third-order valence-corrected chi connectivity index (χ3v) is 6.51. The predicted octanol–water partition coefficient (Wildman–Crippen LogP) is 3.32. The minimum atomic E-state index is -0.465. The van der Waals surface area contributed by atoms with E-state index in [1.54, 1.807) is 0 Å². The first-order chi connectivity index (χ1) is 15.6. The lowest BCUT2D eigenvalue weighted by Gasteiger charge is -2.35. The van der Waals surface area contributed by atoms with Gasteiger partial charge in [-0.05, 0) is 36.3 Å². The van der Waals surface area contributed by atoms with Gasteiger partial charge in [-0.3, -0.25) is 14.5 Å². The SMILES string of the molecule is O=C(CC[C@H]1Nc2c3ccccc3nc(=S)n2C1=O)N1CCN(Cc2ccccc2)CC1. The Balaban J connectivity index is 1.17. The topological polar surface area (TPSA) is 70.5 Å². The van der Waals surface area contributed by atoms with E-state index >= 15 is 0 Å². The van der Waals surface area contributed by atoms with E-state index in [4.69, 9.17) is 12.2 Å². The first-order valence-electron chi connectivity index (χ1n) is 11.0. The number of hydrogen-bond donors (Lipinski definition) is 1. The van der Waals surface area contributed by atoms with Crippen LogP contribution in [-0.2, 0) is 11.3 Å². The zero-order valence-corrected chi connectivity index (χ0v) is 18.6. The van der Waals surface area contributed by atoms with Crippen LogP contribution in [0.25, 0.3) is 10.9 Å². The summed E-state index contributed by atoms with van der Waals surface area (Å²) in [5.41, 5.74) is 2.05. The van der Waals surface area contributed by atoms with Crippen molar-refractivity contribution in [1.29, 1.82) is 0 Å². The number of rotatable bonds is 5. The van der Waals surface area contributed by atoms with Gasteiger partial charge in [0.05, 0.1) is 5.52 Å². The Morgan fingerprint density at radius 1 is 1.03 bits per heavy atom. The lowest BCUT2D eigenvalue weighted by molar-refractivity contribution is -0.133. The van der Waals surface area contributed by atoms with Crippen LogP contribution in [0.3, 0.4) is 0 Å². The van der Waals surface area contributed by atoms with Crippen LogP contribution in [0.1, 0.15) is 23.2 Å². The number of anilines is 1. The molecule has 1 amide bonds. The van der Waals surface area contributed by atoms with Crippen molar-refractivity contribution in [2.45, 2.75) is 25.4 Å². The van der Waals surface area contributed by atoms with E-state index in [-0.39, 0.29) is 16.6 Å². The first-order valence-corrected chi connectivity index (χ1v) is 11.4. The zero-order chi connectivity index (χ0) is 22.1. The van der Waals surface area contributed by atoms with Crippen LogP contribution < -0.4 is 5.32 Å². The summed E-state index contributed by atoms with van der Waals surface area (Å²) < 4.78 is 1.72. The van der Waals surface area contributed by atoms with Crippen molar-refractivity contribution in [3.63, 3.8) is 0 Å². The largest absolute Gasteiger partial charge is 0.359 e. The number of nitrogens with zero attached hydrogens (tertiary/aromatic N) is 4. The molecular formula is C24H25N5O2S. The fraction of sp³-hybridized carbons (Fsp3) is 0.333. The number of nitrogens with one attached hydrogen (secondary N) is 1. The minimum absolute atomic E-state index is 0.0986. The number of amides is 1. The Bertz CT molecular complexity index is 1220. The number of piperazine rings is 1. The van der Waals surface area contributed by atoms with E-state index in [1.807, 2.05) is 35.2 Å². The smallest absolute Gasteiger partial charge is 0.257 e. The number of carbonyl (C=O) groups excluding carboxylic acids is 2. The van der Waals surface area contributed by atoms with Crippen LogP contribution in [0.4, 0.5) is 5.82 Å². The standard InChI is InChI=1S/C24H25N5O2S/c30-21(28-14-12-27(13-15-28)16-17-6-2-1-3-7-17)11-10-20-23(31)29-22(25-20)18-8-4-5-9-19(18)26-24(29)32/h1-9,20,25H,10-16H2/t20-/m1/s1. The molecular weight excluding hydrogens is 422 g/mol. The molecule has 1 fully saturated rings. The van der Waals surface area contributed by atoms with Crippen LogP contribution in [0, 0.1) is 4.77 Å². The number of benzene rings is 2. The summed E-state index contributed by atoms with van der Waals surface area (Å²) in [5, 5.41) is 4.15. The molecule has 32 heavy (non-hydrogen) atoms. The Labute approximate surface area is 191 Å². The lowest BCUT2D eigenvalue weighted by Crippen LogP contribution is -2.48. The maximum atomic E-state index is 12.9. The van der Waals surface area contributed by atoms with Crippen molar-refractivity contribution < 1.29 is 9.59 Å². The van der Waals surface area contributed by atoms with Gasteiger partial charge in [-0.1, -0.05) is 42.5 Å². The summed E-state index contributed by atoms with van der Waals surface area (Å²) in [6.07, 6.45) is 0.765. The van der Waals surface area contributed by atoms with Gasteiger partial charge in [0.15, 0.2) is 0 Å².